The molecule has 6 nitrogen and oxygen atoms in total. The van der Waals surface area contributed by atoms with E-state index in [1.165, 1.54) is 6.42 Å². The molecule has 124 valence electrons. The number of carboxylic acid groups (broad SMARTS) is 1. The predicted molar refractivity (Wildman–Crippen MR) is 81.1 cm³/mol. The molecule has 1 saturated heterocycles. The lowest BCUT2D eigenvalue weighted by Crippen LogP contribution is -2.47. The van der Waals surface area contributed by atoms with E-state index in [1.54, 1.807) is 13.8 Å². The number of carboxylic acids is 1. The number of nitrogens with one attached hydrogen (secondary N) is 1. The molecular formula is C16H26N2O4. The quantitative estimate of drug-likeness (QED) is 0.803. The van der Waals surface area contributed by atoms with Crippen molar-refractivity contribution in [2.24, 2.45) is 11.8 Å². The van der Waals surface area contributed by atoms with Crippen LogP contribution in [-0.2, 0) is 14.4 Å². The first-order valence-corrected chi connectivity index (χ1v) is 8.22. The number of rotatable bonds is 5. The molecule has 0 aromatic heterocycles. The van der Waals surface area contributed by atoms with Crippen molar-refractivity contribution >= 4 is 17.8 Å². The van der Waals surface area contributed by atoms with Gasteiger partial charge in [0.1, 0.15) is 6.04 Å². The van der Waals surface area contributed by atoms with Crippen LogP contribution in [0.5, 0.6) is 0 Å². The van der Waals surface area contributed by atoms with Gasteiger partial charge in [0.05, 0.1) is 5.92 Å². The Labute approximate surface area is 131 Å². The summed E-state index contributed by atoms with van der Waals surface area (Å²) >= 11 is 0. The van der Waals surface area contributed by atoms with E-state index in [-0.39, 0.29) is 30.2 Å². The van der Waals surface area contributed by atoms with Crippen LogP contribution in [0.4, 0.5) is 0 Å². The molecule has 2 N–H and O–H groups in total. The van der Waals surface area contributed by atoms with Gasteiger partial charge in [-0.3, -0.25) is 9.59 Å². The number of aliphatic carboxylic acids is 1. The highest BCUT2D eigenvalue weighted by Crippen LogP contribution is 2.28. The van der Waals surface area contributed by atoms with E-state index in [4.69, 9.17) is 5.11 Å². The summed E-state index contributed by atoms with van der Waals surface area (Å²) in [7, 11) is 0. The van der Waals surface area contributed by atoms with Gasteiger partial charge < -0.3 is 15.3 Å². The molecule has 6 heteroatoms. The van der Waals surface area contributed by atoms with Crippen LogP contribution in [0.2, 0.25) is 0 Å². The zero-order valence-electron chi connectivity index (χ0n) is 13.4. The zero-order chi connectivity index (χ0) is 16.3. The highest BCUT2D eigenvalue weighted by atomic mass is 16.4. The summed E-state index contributed by atoms with van der Waals surface area (Å²) in [5.41, 5.74) is 0. The number of hydrogen-bond acceptors (Lipinski definition) is 3. The van der Waals surface area contributed by atoms with Crippen LogP contribution in [0.25, 0.3) is 0 Å². The fourth-order valence-corrected chi connectivity index (χ4v) is 3.44. The van der Waals surface area contributed by atoms with Crippen LogP contribution in [0.3, 0.4) is 0 Å². The van der Waals surface area contributed by atoms with Crippen molar-refractivity contribution in [3.63, 3.8) is 0 Å². The van der Waals surface area contributed by atoms with Gasteiger partial charge in [0.2, 0.25) is 11.8 Å². The fraction of sp³-hybridized carbons (Fsp3) is 0.812. The Kier molecular flexibility index (Phi) is 5.42. The lowest BCUT2D eigenvalue weighted by atomic mass is 9.94. The molecule has 1 heterocycles. The molecule has 2 rings (SSSR count). The second kappa shape index (κ2) is 7.11. The van der Waals surface area contributed by atoms with Gasteiger partial charge in [-0.2, -0.15) is 0 Å². The van der Waals surface area contributed by atoms with E-state index in [2.05, 4.69) is 5.32 Å². The van der Waals surface area contributed by atoms with Crippen molar-refractivity contribution in [2.45, 2.75) is 64.5 Å². The van der Waals surface area contributed by atoms with Crippen molar-refractivity contribution in [1.82, 2.24) is 10.2 Å². The van der Waals surface area contributed by atoms with Crippen LogP contribution in [-0.4, -0.2) is 46.4 Å². The smallest absolute Gasteiger partial charge is 0.326 e. The maximum atomic E-state index is 12.3. The monoisotopic (exact) mass is 310 g/mol. The molecule has 0 spiro atoms. The average molecular weight is 310 g/mol. The Morgan fingerprint density at radius 3 is 2.41 bits per heavy atom. The Bertz CT molecular complexity index is 443. The van der Waals surface area contributed by atoms with Crippen LogP contribution in [0, 0.1) is 11.8 Å². The third-order valence-electron chi connectivity index (χ3n) is 4.78. The van der Waals surface area contributed by atoms with E-state index in [0.717, 1.165) is 25.7 Å². The van der Waals surface area contributed by atoms with E-state index in [1.807, 2.05) is 4.90 Å². The number of nitrogens with zero attached hydrogens (tertiary/aromatic N) is 1. The van der Waals surface area contributed by atoms with Crippen molar-refractivity contribution in [1.29, 1.82) is 0 Å². The molecule has 1 saturated carbocycles. The van der Waals surface area contributed by atoms with Crippen molar-refractivity contribution in [3.8, 4) is 0 Å². The molecule has 1 aliphatic carbocycles. The molecule has 0 aromatic carbocycles. The minimum absolute atomic E-state index is 0.0310. The molecular weight excluding hydrogens is 284 g/mol. The first-order valence-electron chi connectivity index (χ1n) is 8.22. The van der Waals surface area contributed by atoms with E-state index < -0.39 is 17.9 Å². The van der Waals surface area contributed by atoms with E-state index >= 15 is 0 Å². The van der Waals surface area contributed by atoms with Gasteiger partial charge in [-0.15, -0.1) is 0 Å². The van der Waals surface area contributed by atoms with Crippen molar-refractivity contribution in [3.05, 3.63) is 0 Å². The molecule has 0 bridgehead atoms. The summed E-state index contributed by atoms with van der Waals surface area (Å²) in [4.78, 5) is 37.5. The number of likely N-dealkylation sites (tertiary alicyclic amines) is 1. The highest BCUT2D eigenvalue weighted by molar-refractivity contribution is 5.91. The van der Waals surface area contributed by atoms with Gasteiger partial charge in [0, 0.05) is 19.0 Å². The van der Waals surface area contributed by atoms with Crippen LogP contribution in [0.1, 0.15) is 52.4 Å². The number of carbonyl (C=O) groups is 3. The molecule has 2 aliphatic rings. The number of carbonyl (C=O) groups excluding carboxylic acids is 2. The van der Waals surface area contributed by atoms with Crippen LogP contribution in [0.15, 0.2) is 0 Å². The molecule has 0 radical (unpaired) electrons. The Balaban J connectivity index is 1.94. The first kappa shape index (κ1) is 16.8. The summed E-state index contributed by atoms with van der Waals surface area (Å²) in [6.07, 6.45) is 5.73. The SMILES string of the molecule is CC(C)C(NC(=O)C1CC(=O)N(C2CCCCC2)C1)C(=O)O. The standard InChI is InChI=1S/C16H26N2O4/c1-10(2)14(16(21)22)17-15(20)11-8-13(19)18(9-11)12-6-4-3-5-7-12/h10-12,14H,3-9H2,1-2H3,(H,17,20)(H,21,22). The largest absolute Gasteiger partial charge is 0.480 e. The van der Waals surface area contributed by atoms with E-state index in [0.29, 0.717) is 6.54 Å². The molecule has 1 aliphatic heterocycles. The average Bonchev–Trinajstić information content (AvgIpc) is 2.87. The number of amides is 2. The van der Waals surface area contributed by atoms with E-state index in [9.17, 15) is 14.4 Å². The molecule has 2 atom stereocenters. The van der Waals surface area contributed by atoms with Gasteiger partial charge in [-0.05, 0) is 18.8 Å². The van der Waals surface area contributed by atoms with Crippen LogP contribution < -0.4 is 5.32 Å². The molecule has 2 fully saturated rings. The second-order valence-electron chi connectivity index (χ2n) is 6.81. The summed E-state index contributed by atoms with van der Waals surface area (Å²) < 4.78 is 0. The topological polar surface area (TPSA) is 86.7 Å². The Morgan fingerprint density at radius 1 is 1.23 bits per heavy atom. The minimum Gasteiger partial charge on any atom is -0.480 e. The third-order valence-corrected chi connectivity index (χ3v) is 4.78. The molecule has 22 heavy (non-hydrogen) atoms. The molecule has 0 aromatic rings. The zero-order valence-corrected chi connectivity index (χ0v) is 13.4. The van der Waals surface area contributed by atoms with Crippen LogP contribution >= 0.6 is 0 Å². The van der Waals surface area contributed by atoms with Gasteiger partial charge in [0.15, 0.2) is 0 Å². The Morgan fingerprint density at radius 2 is 1.86 bits per heavy atom. The second-order valence-corrected chi connectivity index (χ2v) is 6.81. The van der Waals surface area contributed by atoms with Crippen molar-refractivity contribution < 1.29 is 19.5 Å². The highest BCUT2D eigenvalue weighted by Gasteiger charge is 2.39. The Hall–Kier alpha value is -1.59. The predicted octanol–water partition coefficient (Wildman–Crippen LogP) is 1.39. The minimum atomic E-state index is -1.03. The fourth-order valence-electron chi connectivity index (χ4n) is 3.44. The summed E-state index contributed by atoms with van der Waals surface area (Å²) in [6.45, 7) is 3.94. The lowest BCUT2D eigenvalue weighted by Gasteiger charge is -2.31. The summed E-state index contributed by atoms with van der Waals surface area (Å²) in [6, 6.07) is -0.634. The normalized spacial score (nSPS) is 24.6. The first-order chi connectivity index (χ1) is 10.4. The van der Waals surface area contributed by atoms with Gasteiger partial charge >= 0.3 is 5.97 Å². The van der Waals surface area contributed by atoms with Gasteiger partial charge in [-0.25, -0.2) is 4.79 Å². The number of hydrogen-bond donors (Lipinski definition) is 2. The summed E-state index contributed by atoms with van der Waals surface area (Å²) in [5.74, 6) is -1.92. The maximum absolute atomic E-state index is 12.3. The molecule has 2 unspecified atom stereocenters. The van der Waals surface area contributed by atoms with Gasteiger partial charge in [0.25, 0.3) is 0 Å². The van der Waals surface area contributed by atoms with Gasteiger partial charge in [-0.1, -0.05) is 33.1 Å². The lowest BCUT2D eigenvalue weighted by molar-refractivity contribution is -0.143. The summed E-state index contributed by atoms with van der Waals surface area (Å²) in [5, 5.41) is 11.7. The third kappa shape index (κ3) is 3.78. The van der Waals surface area contributed by atoms with Crippen molar-refractivity contribution in [2.75, 3.05) is 6.54 Å². The maximum Gasteiger partial charge on any atom is 0.326 e. The molecule has 2 amide bonds.